The van der Waals surface area contributed by atoms with E-state index in [0.717, 1.165) is 6.42 Å². The Bertz CT molecular complexity index is 1440. The second-order valence-corrected chi connectivity index (χ2v) is 8.57. The summed E-state index contributed by atoms with van der Waals surface area (Å²) < 4.78 is 36.5. The molecule has 8 nitrogen and oxygen atoms in total. The van der Waals surface area contributed by atoms with Gasteiger partial charge in [-0.25, -0.2) is 13.8 Å². The Kier molecular flexibility index (Phi) is 5.81. The van der Waals surface area contributed by atoms with Crippen molar-refractivity contribution >= 4 is 28.2 Å². The van der Waals surface area contributed by atoms with Crippen LogP contribution in [0.5, 0.6) is 5.75 Å². The lowest BCUT2D eigenvalue weighted by Gasteiger charge is -2.22. The van der Waals surface area contributed by atoms with E-state index < -0.39 is 17.5 Å². The van der Waals surface area contributed by atoms with E-state index in [1.165, 1.54) is 31.4 Å². The number of hydrogen-bond acceptors (Lipinski definition) is 5. The molecule has 5 rings (SSSR count). The summed E-state index contributed by atoms with van der Waals surface area (Å²) in [5.41, 5.74) is 7.92. The molecule has 0 bridgehead atoms. The summed E-state index contributed by atoms with van der Waals surface area (Å²) in [5.74, 6) is -1.27. The molecule has 1 aliphatic heterocycles. The maximum Gasteiger partial charge on any atom is 0.274 e. The third kappa shape index (κ3) is 4.17. The largest absolute Gasteiger partial charge is 0.496 e. The van der Waals surface area contributed by atoms with Gasteiger partial charge in [-0.2, -0.15) is 5.10 Å². The van der Waals surface area contributed by atoms with Crippen LogP contribution in [0.2, 0.25) is 0 Å². The third-order valence-electron chi connectivity index (χ3n) is 6.12. The molecular weight excluding hydrogens is 454 g/mol. The smallest absolute Gasteiger partial charge is 0.274 e. The van der Waals surface area contributed by atoms with E-state index >= 15 is 0 Å². The molecule has 4 aromatic rings. The molecular formula is C25H25F2N6O2+. The summed E-state index contributed by atoms with van der Waals surface area (Å²) >= 11 is 0. The number of aromatic nitrogens is 3. The van der Waals surface area contributed by atoms with E-state index in [2.05, 4.69) is 15.4 Å². The van der Waals surface area contributed by atoms with Crippen molar-refractivity contribution in [2.24, 2.45) is 12.8 Å². The van der Waals surface area contributed by atoms with Crippen molar-refractivity contribution in [2.45, 2.75) is 12.5 Å². The Morgan fingerprint density at radius 3 is 2.80 bits per heavy atom. The highest BCUT2D eigenvalue weighted by atomic mass is 19.1. The van der Waals surface area contributed by atoms with Gasteiger partial charge in [0.1, 0.15) is 22.8 Å². The standard InChI is InChI=1S/C25H24F2N6O2/c1-32-13-15-23(31-32)17(27)11-20(24(15)33-10-9-14(28)12-33)30-25(34)19-7-4-6-18(29-19)22-16(26)5-3-8-21(22)35-2/h3-8,11,13-14H,9-10,12,28H2,1-2H3,(H,30,34)/p+1/t14-/m0/s1. The number of nitrogens with zero attached hydrogens (tertiary/aromatic N) is 3. The number of methoxy groups -OCH3 is 1. The number of anilines is 2. The number of carbonyl (C=O) groups is 1. The van der Waals surface area contributed by atoms with Crippen molar-refractivity contribution in [3.05, 3.63) is 66.0 Å². The number of hydrogen-bond donors (Lipinski definition) is 3. The van der Waals surface area contributed by atoms with E-state index in [9.17, 15) is 13.6 Å². The van der Waals surface area contributed by atoms with Gasteiger partial charge in [-0.3, -0.25) is 4.79 Å². The Hall–Kier alpha value is -4.05. The number of amides is 1. The molecule has 1 aliphatic rings. The summed E-state index contributed by atoms with van der Waals surface area (Å²) in [7, 11) is 3.20. The number of pyridine rings is 1. The summed E-state index contributed by atoms with van der Waals surface area (Å²) in [5, 5.41) is 6.41. The number of H-pyrrole nitrogens is 1. The maximum atomic E-state index is 15.0. The van der Waals surface area contributed by atoms with Gasteiger partial charge in [-0.15, -0.1) is 4.68 Å². The quantitative estimate of drug-likeness (QED) is 0.382. The van der Waals surface area contributed by atoms with Crippen molar-refractivity contribution in [1.29, 1.82) is 0 Å². The van der Waals surface area contributed by atoms with Crippen molar-refractivity contribution in [1.82, 2.24) is 10.1 Å². The number of rotatable bonds is 5. The molecule has 1 saturated heterocycles. The molecule has 3 heterocycles. The predicted molar refractivity (Wildman–Crippen MR) is 128 cm³/mol. The van der Waals surface area contributed by atoms with Gasteiger partial charge in [-0.05, 0) is 30.7 Å². The molecule has 10 heteroatoms. The molecule has 1 amide bonds. The Morgan fingerprint density at radius 1 is 1.26 bits per heavy atom. The SMILES string of the molecule is COc1cccc(F)c1-c1cccc(C(=O)Nc2cc(F)c3[nH][n+](C)cc3c2N2CC[C@H](N)C2)n1. The van der Waals surface area contributed by atoms with Gasteiger partial charge < -0.3 is 20.7 Å². The van der Waals surface area contributed by atoms with Crippen LogP contribution >= 0.6 is 0 Å². The van der Waals surface area contributed by atoms with Crippen molar-refractivity contribution in [3.8, 4) is 17.0 Å². The van der Waals surface area contributed by atoms with Gasteiger partial charge in [0.25, 0.3) is 5.91 Å². The van der Waals surface area contributed by atoms with E-state index in [1.807, 2.05) is 4.90 Å². The number of nitrogens with one attached hydrogen (secondary N) is 2. The number of benzene rings is 2. The first-order valence-corrected chi connectivity index (χ1v) is 11.2. The van der Waals surface area contributed by atoms with Crippen LogP contribution in [0, 0.1) is 11.6 Å². The zero-order chi connectivity index (χ0) is 24.7. The number of ether oxygens (including phenoxy) is 1. The Morgan fingerprint density at radius 2 is 2.06 bits per heavy atom. The summed E-state index contributed by atoms with van der Waals surface area (Å²) in [6, 6.07) is 10.5. The van der Waals surface area contributed by atoms with E-state index in [0.29, 0.717) is 41.1 Å². The maximum absolute atomic E-state index is 15.0. The molecule has 0 aliphatic carbocycles. The Balaban J connectivity index is 1.54. The van der Waals surface area contributed by atoms with Crippen LogP contribution in [0.15, 0.2) is 48.7 Å². The minimum absolute atomic E-state index is 0.0135. The summed E-state index contributed by atoms with van der Waals surface area (Å²) in [6.07, 6.45) is 2.56. The number of aromatic amines is 1. The number of nitrogens with two attached hydrogens (primary N) is 1. The first-order chi connectivity index (χ1) is 16.9. The normalized spacial score (nSPS) is 15.6. The molecule has 35 heavy (non-hydrogen) atoms. The highest BCUT2D eigenvalue weighted by Gasteiger charge is 2.28. The van der Waals surface area contributed by atoms with Crippen LogP contribution in [-0.2, 0) is 7.05 Å². The zero-order valence-electron chi connectivity index (χ0n) is 19.3. The fourth-order valence-electron chi connectivity index (χ4n) is 4.54. The molecule has 0 unspecified atom stereocenters. The molecule has 0 spiro atoms. The van der Waals surface area contributed by atoms with Crippen LogP contribution in [0.1, 0.15) is 16.9 Å². The molecule has 180 valence electrons. The molecule has 4 N–H and O–H groups in total. The fraction of sp³-hybridized carbons (Fsp3) is 0.240. The second kappa shape index (κ2) is 8.95. The lowest BCUT2D eigenvalue weighted by Crippen LogP contribution is -2.28. The zero-order valence-corrected chi connectivity index (χ0v) is 19.3. The molecule has 0 radical (unpaired) electrons. The highest BCUT2D eigenvalue weighted by Crippen LogP contribution is 2.37. The van der Waals surface area contributed by atoms with Gasteiger partial charge >= 0.3 is 0 Å². The van der Waals surface area contributed by atoms with Gasteiger partial charge in [0.15, 0.2) is 12.9 Å². The van der Waals surface area contributed by atoms with Crippen LogP contribution in [0.3, 0.4) is 0 Å². The minimum Gasteiger partial charge on any atom is -0.496 e. The highest BCUT2D eigenvalue weighted by molar-refractivity contribution is 6.09. The predicted octanol–water partition coefficient (Wildman–Crippen LogP) is 3.13. The number of halogens is 2. The van der Waals surface area contributed by atoms with Crippen molar-refractivity contribution in [3.63, 3.8) is 0 Å². The van der Waals surface area contributed by atoms with Crippen LogP contribution in [0.25, 0.3) is 22.2 Å². The first-order valence-electron chi connectivity index (χ1n) is 11.2. The molecule has 2 aromatic heterocycles. The second-order valence-electron chi connectivity index (χ2n) is 8.57. The molecule has 1 fully saturated rings. The number of aryl methyl sites for hydroxylation is 1. The molecule has 2 aromatic carbocycles. The van der Waals surface area contributed by atoms with Crippen LogP contribution in [0.4, 0.5) is 20.2 Å². The fourth-order valence-corrected chi connectivity index (χ4v) is 4.54. The van der Waals surface area contributed by atoms with Gasteiger partial charge in [0.2, 0.25) is 6.20 Å². The molecule has 1 atom stereocenters. The topological polar surface area (TPSA) is 100 Å². The van der Waals surface area contributed by atoms with Crippen LogP contribution < -0.4 is 25.4 Å². The van der Waals surface area contributed by atoms with Gasteiger partial charge in [-0.1, -0.05) is 12.1 Å². The van der Waals surface area contributed by atoms with Gasteiger partial charge in [0.05, 0.1) is 35.1 Å². The van der Waals surface area contributed by atoms with Crippen LogP contribution in [-0.4, -0.2) is 42.2 Å². The lowest BCUT2D eigenvalue weighted by atomic mass is 10.1. The third-order valence-corrected chi connectivity index (χ3v) is 6.12. The summed E-state index contributed by atoms with van der Waals surface area (Å²) in [4.78, 5) is 19.7. The van der Waals surface area contributed by atoms with Crippen molar-refractivity contribution in [2.75, 3.05) is 30.4 Å². The Labute approximate surface area is 200 Å². The number of carbonyl (C=O) groups excluding carboxylic acids is 1. The average molecular weight is 480 g/mol. The van der Waals surface area contributed by atoms with E-state index in [4.69, 9.17) is 10.5 Å². The van der Waals surface area contributed by atoms with E-state index in [-0.39, 0.29) is 23.0 Å². The minimum atomic E-state index is -0.550. The summed E-state index contributed by atoms with van der Waals surface area (Å²) in [6.45, 7) is 1.26. The first kappa shape index (κ1) is 22.7. The van der Waals surface area contributed by atoms with Gasteiger partial charge in [0, 0.05) is 25.2 Å². The number of fused-ring (bicyclic) bond motifs is 1. The average Bonchev–Trinajstić information content (AvgIpc) is 3.44. The van der Waals surface area contributed by atoms with Crippen molar-refractivity contribution < 1.29 is 23.0 Å². The molecule has 0 saturated carbocycles. The monoisotopic (exact) mass is 479 g/mol. The van der Waals surface area contributed by atoms with E-state index in [1.54, 1.807) is 36.1 Å². The lowest BCUT2D eigenvalue weighted by molar-refractivity contribution is -0.724.